The number of methoxy groups -OCH3 is 2. The zero-order valence-electron chi connectivity index (χ0n) is 11.0. The molecule has 4 heteroatoms. The molecule has 1 heterocycles. The maximum absolute atomic E-state index is 6.21. The summed E-state index contributed by atoms with van der Waals surface area (Å²) in [6.45, 7) is 2.20. The van der Waals surface area contributed by atoms with Gasteiger partial charge in [-0.25, -0.2) is 0 Å². The third-order valence-electron chi connectivity index (χ3n) is 3.44. The fourth-order valence-electron chi connectivity index (χ4n) is 2.53. The molecule has 1 aliphatic rings. The number of halogens is 1. The second-order valence-corrected chi connectivity index (χ2v) is 5.13. The van der Waals surface area contributed by atoms with Gasteiger partial charge in [0.2, 0.25) is 0 Å². The third-order valence-corrected chi connectivity index (χ3v) is 3.72. The second kappa shape index (κ2) is 6.30. The molecule has 2 rings (SSSR count). The fourth-order valence-corrected chi connectivity index (χ4v) is 2.84. The van der Waals surface area contributed by atoms with Gasteiger partial charge in [0, 0.05) is 6.07 Å². The minimum atomic E-state index is 0.621. The first kappa shape index (κ1) is 13.5. The molecule has 100 valence electrons. The van der Waals surface area contributed by atoms with Crippen LogP contribution in [0.25, 0.3) is 0 Å². The molecule has 1 atom stereocenters. The molecular weight excluding hydrogens is 250 g/mol. The summed E-state index contributed by atoms with van der Waals surface area (Å²) in [5.74, 6) is 2.22. The Kier molecular flexibility index (Phi) is 4.72. The molecule has 18 heavy (non-hydrogen) atoms. The molecule has 0 amide bonds. The monoisotopic (exact) mass is 269 g/mol. The van der Waals surface area contributed by atoms with Crippen molar-refractivity contribution in [3.8, 4) is 11.5 Å². The summed E-state index contributed by atoms with van der Waals surface area (Å²) in [5.41, 5.74) is 1.13. The largest absolute Gasteiger partial charge is 0.497 e. The molecule has 3 nitrogen and oxygen atoms in total. The Balaban J connectivity index is 2.20. The van der Waals surface area contributed by atoms with Gasteiger partial charge in [0.05, 0.1) is 19.2 Å². The van der Waals surface area contributed by atoms with Crippen LogP contribution in [0.3, 0.4) is 0 Å². The van der Waals surface area contributed by atoms with Gasteiger partial charge in [0.25, 0.3) is 0 Å². The number of piperidine rings is 1. The molecule has 1 unspecified atom stereocenters. The summed E-state index contributed by atoms with van der Waals surface area (Å²) in [4.78, 5) is 0. The van der Waals surface area contributed by atoms with Crippen molar-refractivity contribution >= 4 is 11.6 Å². The lowest BCUT2D eigenvalue weighted by Gasteiger charge is -2.24. The standard InChI is InChI=1S/C14H20ClNO2/c1-17-12-7-11(14(18-2)13(15)8-12)6-10-4-3-5-16-9-10/h7-8,10,16H,3-6,9H2,1-2H3. The van der Waals surface area contributed by atoms with Crippen LogP contribution in [0, 0.1) is 5.92 Å². The number of rotatable bonds is 4. The predicted molar refractivity (Wildman–Crippen MR) is 73.9 cm³/mol. The molecule has 1 saturated heterocycles. The van der Waals surface area contributed by atoms with Crippen LogP contribution in [-0.2, 0) is 6.42 Å². The summed E-state index contributed by atoms with van der Waals surface area (Å²) in [6, 6.07) is 3.82. The number of hydrogen-bond acceptors (Lipinski definition) is 3. The molecule has 1 aliphatic heterocycles. The van der Waals surface area contributed by atoms with Crippen LogP contribution in [-0.4, -0.2) is 27.3 Å². The van der Waals surface area contributed by atoms with Crippen LogP contribution < -0.4 is 14.8 Å². The van der Waals surface area contributed by atoms with E-state index >= 15 is 0 Å². The Morgan fingerprint density at radius 3 is 2.78 bits per heavy atom. The highest BCUT2D eigenvalue weighted by Gasteiger charge is 2.18. The molecule has 0 saturated carbocycles. The number of hydrogen-bond donors (Lipinski definition) is 1. The van der Waals surface area contributed by atoms with Crippen molar-refractivity contribution in [1.82, 2.24) is 5.32 Å². The molecule has 0 aromatic heterocycles. The van der Waals surface area contributed by atoms with Crippen molar-refractivity contribution in [2.24, 2.45) is 5.92 Å². The van der Waals surface area contributed by atoms with Crippen LogP contribution in [0.5, 0.6) is 11.5 Å². The first-order valence-corrected chi connectivity index (χ1v) is 6.73. The van der Waals surface area contributed by atoms with Gasteiger partial charge in [-0.05, 0) is 49.9 Å². The predicted octanol–water partition coefficient (Wildman–Crippen LogP) is 2.90. The zero-order valence-corrected chi connectivity index (χ0v) is 11.7. The van der Waals surface area contributed by atoms with Crippen LogP contribution in [0.2, 0.25) is 5.02 Å². The highest BCUT2D eigenvalue weighted by atomic mass is 35.5. The first-order chi connectivity index (χ1) is 8.74. The van der Waals surface area contributed by atoms with Crippen molar-refractivity contribution in [1.29, 1.82) is 0 Å². The van der Waals surface area contributed by atoms with Gasteiger partial charge < -0.3 is 14.8 Å². The average Bonchev–Trinajstić information content (AvgIpc) is 2.39. The Hall–Kier alpha value is -0.930. The highest BCUT2D eigenvalue weighted by molar-refractivity contribution is 6.32. The lowest BCUT2D eigenvalue weighted by atomic mass is 9.92. The Morgan fingerprint density at radius 1 is 1.33 bits per heavy atom. The van der Waals surface area contributed by atoms with Crippen molar-refractivity contribution < 1.29 is 9.47 Å². The number of benzene rings is 1. The van der Waals surface area contributed by atoms with E-state index in [0.717, 1.165) is 36.6 Å². The van der Waals surface area contributed by atoms with Crippen LogP contribution in [0.15, 0.2) is 12.1 Å². The fraction of sp³-hybridized carbons (Fsp3) is 0.571. The zero-order chi connectivity index (χ0) is 13.0. The third kappa shape index (κ3) is 3.09. The molecular formula is C14H20ClNO2. The van der Waals surface area contributed by atoms with Gasteiger partial charge in [-0.15, -0.1) is 0 Å². The van der Waals surface area contributed by atoms with Gasteiger partial charge >= 0.3 is 0 Å². The normalized spacial score (nSPS) is 19.6. The van der Waals surface area contributed by atoms with Gasteiger partial charge in [-0.1, -0.05) is 11.6 Å². The number of ether oxygens (including phenoxy) is 2. The van der Waals surface area contributed by atoms with Gasteiger partial charge in [-0.2, -0.15) is 0 Å². The van der Waals surface area contributed by atoms with E-state index in [0.29, 0.717) is 10.9 Å². The van der Waals surface area contributed by atoms with Crippen LogP contribution >= 0.6 is 11.6 Å². The smallest absolute Gasteiger partial charge is 0.140 e. The Labute approximate surface area is 113 Å². The van der Waals surface area contributed by atoms with Gasteiger partial charge in [0.1, 0.15) is 11.5 Å². The highest BCUT2D eigenvalue weighted by Crippen LogP contribution is 2.35. The maximum Gasteiger partial charge on any atom is 0.140 e. The average molecular weight is 270 g/mol. The van der Waals surface area contributed by atoms with E-state index in [9.17, 15) is 0 Å². The Bertz CT molecular complexity index is 403. The molecule has 0 bridgehead atoms. The SMILES string of the molecule is COc1cc(Cl)c(OC)c(CC2CCCNC2)c1. The van der Waals surface area contributed by atoms with E-state index in [1.165, 1.54) is 12.8 Å². The molecule has 0 aliphatic carbocycles. The van der Waals surface area contributed by atoms with Crippen LogP contribution in [0.1, 0.15) is 18.4 Å². The summed E-state index contributed by atoms with van der Waals surface area (Å²) in [6.07, 6.45) is 3.47. The summed E-state index contributed by atoms with van der Waals surface area (Å²) in [5, 5.41) is 4.05. The Morgan fingerprint density at radius 2 is 2.17 bits per heavy atom. The number of nitrogens with one attached hydrogen (secondary N) is 1. The molecule has 1 aromatic rings. The molecule has 1 N–H and O–H groups in total. The van der Waals surface area contributed by atoms with Crippen molar-refractivity contribution in [3.05, 3.63) is 22.7 Å². The summed E-state index contributed by atoms with van der Waals surface area (Å²) < 4.78 is 10.7. The van der Waals surface area contributed by atoms with Gasteiger partial charge in [0.15, 0.2) is 0 Å². The minimum absolute atomic E-state index is 0.621. The maximum atomic E-state index is 6.21. The molecule has 1 fully saturated rings. The molecule has 1 aromatic carbocycles. The molecule has 0 radical (unpaired) electrons. The first-order valence-electron chi connectivity index (χ1n) is 6.35. The van der Waals surface area contributed by atoms with E-state index < -0.39 is 0 Å². The van der Waals surface area contributed by atoms with E-state index in [-0.39, 0.29) is 0 Å². The van der Waals surface area contributed by atoms with Crippen molar-refractivity contribution in [2.45, 2.75) is 19.3 Å². The van der Waals surface area contributed by atoms with E-state index in [1.807, 2.05) is 6.07 Å². The van der Waals surface area contributed by atoms with Crippen LogP contribution in [0.4, 0.5) is 0 Å². The van der Waals surface area contributed by atoms with E-state index in [2.05, 4.69) is 5.32 Å². The molecule has 0 spiro atoms. The lowest BCUT2D eigenvalue weighted by Crippen LogP contribution is -2.30. The van der Waals surface area contributed by atoms with Gasteiger partial charge in [-0.3, -0.25) is 0 Å². The quantitative estimate of drug-likeness (QED) is 0.912. The van der Waals surface area contributed by atoms with Crippen molar-refractivity contribution in [2.75, 3.05) is 27.3 Å². The second-order valence-electron chi connectivity index (χ2n) is 4.72. The lowest BCUT2D eigenvalue weighted by molar-refractivity contribution is 0.361. The van der Waals surface area contributed by atoms with E-state index in [1.54, 1.807) is 20.3 Å². The minimum Gasteiger partial charge on any atom is -0.497 e. The van der Waals surface area contributed by atoms with E-state index in [4.69, 9.17) is 21.1 Å². The topological polar surface area (TPSA) is 30.5 Å². The summed E-state index contributed by atoms with van der Waals surface area (Å²) >= 11 is 6.21. The summed E-state index contributed by atoms with van der Waals surface area (Å²) in [7, 11) is 3.32. The van der Waals surface area contributed by atoms with Crippen molar-refractivity contribution in [3.63, 3.8) is 0 Å².